The average Bonchev–Trinajstić information content (AvgIpc) is 3.47. The zero-order valence-electron chi connectivity index (χ0n) is 23.0. The highest BCUT2D eigenvalue weighted by Gasteiger charge is 2.41. The Balaban J connectivity index is 1.76. The second kappa shape index (κ2) is 15.2. The molecule has 1 aliphatic carbocycles. The molecule has 0 aromatic heterocycles. The standard InChI is InChI=1S/C30H37N4O5P/c1-20(2)18-25(29(38)31-19-26(35)36)32-28(37)21(3)34-40(39)30(24-16-10-11-17-24)33-27(22-12-6-4-7-13-22)23-14-8-5-9-15-23/h4-17,20-21,24-25,27,30,33H,18-19H2,1-3H3,(H3-,31,32,34,35,36,37,38,39)/p+1/t21-,25-,30?/m0/s1. The molecule has 0 aliphatic heterocycles. The van der Waals surface area contributed by atoms with Gasteiger partial charge in [0.15, 0.2) is 0 Å². The van der Waals surface area contributed by atoms with E-state index in [4.69, 9.17) is 5.11 Å². The van der Waals surface area contributed by atoms with Gasteiger partial charge >= 0.3 is 13.9 Å². The topological polar surface area (TPSA) is 137 Å². The van der Waals surface area contributed by atoms with Crippen LogP contribution in [0, 0.1) is 11.8 Å². The van der Waals surface area contributed by atoms with E-state index in [1.54, 1.807) is 6.92 Å². The summed E-state index contributed by atoms with van der Waals surface area (Å²) in [6, 6.07) is 17.8. The van der Waals surface area contributed by atoms with Gasteiger partial charge in [0, 0.05) is 0 Å². The number of aliphatic carboxylic acids is 1. The van der Waals surface area contributed by atoms with Crippen LogP contribution in [0.4, 0.5) is 0 Å². The molecule has 5 N–H and O–H groups in total. The van der Waals surface area contributed by atoms with E-state index in [-0.39, 0.29) is 17.9 Å². The molecule has 4 atom stereocenters. The second-order valence-corrected chi connectivity index (χ2v) is 11.7. The fraction of sp³-hybridized carbons (Fsp3) is 0.367. The number of rotatable bonds is 15. The molecular weight excluding hydrogens is 527 g/mol. The number of carboxylic acids is 1. The fourth-order valence-electron chi connectivity index (χ4n) is 4.46. The molecule has 10 heteroatoms. The number of carbonyl (C=O) groups excluding carboxylic acids is 2. The molecule has 0 saturated carbocycles. The largest absolute Gasteiger partial charge is 0.480 e. The molecule has 9 nitrogen and oxygen atoms in total. The van der Waals surface area contributed by atoms with Crippen molar-refractivity contribution < 1.29 is 24.1 Å². The minimum Gasteiger partial charge on any atom is -0.480 e. The number of carboxylic acid groups (broad SMARTS) is 1. The monoisotopic (exact) mass is 565 g/mol. The van der Waals surface area contributed by atoms with Crippen molar-refractivity contribution in [3.8, 4) is 0 Å². The van der Waals surface area contributed by atoms with E-state index in [1.807, 2.05) is 98.8 Å². The molecule has 0 spiro atoms. The SMILES string of the molecule is CC(C)C[C@H](NC(=O)[C@H](C)N[P+](=O)C(NC(c1ccccc1)c1ccccc1)C1C=CC=C1)C(=O)NCC(=O)O. The van der Waals surface area contributed by atoms with Crippen LogP contribution in [-0.4, -0.2) is 47.3 Å². The third kappa shape index (κ3) is 9.23. The van der Waals surface area contributed by atoms with Crippen molar-refractivity contribution in [2.45, 2.75) is 51.1 Å². The summed E-state index contributed by atoms with van der Waals surface area (Å²) in [5.41, 5.74) is 2.03. The number of allylic oxidation sites excluding steroid dienone is 2. The van der Waals surface area contributed by atoms with E-state index < -0.39 is 50.1 Å². The van der Waals surface area contributed by atoms with Crippen LogP contribution in [0.2, 0.25) is 0 Å². The van der Waals surface area contributed by atoms with E-state index in [0.717, 1.165) is 11.1 Å². The number of carbonyl (C=O) groups is 3. The van der Waals surface area contributed by atoms with Crippen molar-refractivity contribution in [3.63, 3.8) is 0 Å². The molecule has 0 fully saturated rings. The van der Waals surface area contributed by atoms with Crippen LogP contribution >= 0.6 is 7.95 Å². The van der Waals surface area contributed by atoms with Crippen LogP contribution in [0.15, 0.2) is 85.0 Å². The normalized spacial score (nSPS) is 15.6. The summed E-state index contributed by atoms with van der Waals surface area (Å²) in [6.45, 7) is 4.85. The number of amides is 2. The van der Waals surface area contributed by atoms with Crippen molar-refractivity contribution >= 4 is 25.7 Å². The third-order valence-electron chi connectivity index (χ3n) is 6.47. The van der Waals surface area contributed by atoms with Gasteiger partial charge in [-0.15, -0.1) is 0 Å². The predicted molar refractivity (Wildman–Crippen MR) is 156 cm³/mol. The van der Waals surface area contributed by atoms with Crippen LogP contribution in [0.3, 0.4) is 0 Å². The lowest BCUT2D eigenvalue weighted by molar-refractivity contribution is -0.138. The molecule has 2 unspecified atom stereocenters. The van der Waals surface area contributed by atoms with Crippen molar-refractivity contribution in [2.24, 2.45) is 11.8 Å². The van der Waals surface area contributed by atoms with Gasteiger partial charge in [0.25, 0.3) is 0 Å². The maximum atomic E-state index is 13.8. The molecule has 40 heavy (non-hydrogen) atoms. The van der Waals surface area contributed by atoms with E-state index in [2.05, 4.69) is 21.0 Å². The summed E-state index contributed by atoms with van der Waals surface area (Å²) in [5.74, 6) is -2.89. The van der Waals surface area contributed by atoms with Gasteiger partial charge in [-0.3, -0.25) is 19.7 Å². The van der Waals surface area contributed by atoms with E-state index in [9.17, 15) is 18.9 Å². The molecule has 0 heterocycles. The highest BCUT2D eigenvalue weighted by molar-refractivity contribution is 7.43. The molecule has 2 aromatic rings. The summed E-state index contributed by atoms with van der Waals surface area (Å²) in [5, 5.41) is 20.4. The highest BCUT2D eigenvalue weighted by Crippen LogP contribution is 2.35. The molecule has 0 bridgehead atoms. The van der Waals surface area contributed by atoms with Gasteiger partial charge in [-0.2, -0.15) is 0 Å². The Kier molecular flexibility index (Phi) is 11.8. The summed E-state index contributed by atoms with van der Waals surface area (Å²) in [6.07, 6.45) is 8.08. The van der Waals surface area contributed by atoms with Crippen LogP contribution < -0.4 is 21.0 Å². The maximum absolute atomic E-state index is 13.8. The fourth-order valence-corrected chi connectivity index (χ4v) is 5.91. The molecule has 0 radical (unpaired) electrons. The first kappa shape index (κ1) is 30.9. The minimum absolute atomic E-state index is 0.0724. The first-order valence-electron chi connectivity index (χ1n) is 13.4. The smallest absolute Gasteiger partial charge is 0.452 e. The summed E-state index contributed by atoms with van der Waals surface area (Å²) < 4.78 is 13.8. The predicted octanol–water partition coefficient (Wildman–Crippen LogP) is 3.89. The van der Waals surface area contributed by atoms with Crippen LogP contribution in [0.25, 0.3) is 0 Å². The number of hydrogen-bond acceptors (Lipinski definition) is 5. The Hall–Kier alpha value is -3.65. The zero-order chi connectivity index (χ0) is 29.1. The van der Waals surface area contributed by atoms with E-state index >= 15 is 0 Å². The summed E-state index contributed by atoms with van der Waals surface area (Å²) in [7, 11) is -2.17. The minimum atomic E-state index is -2.17. The summed E-state index contributed by atoms with van der Waals surface area (Å²) in [4.78, 5) is 36.5. The molecular formula is C30H38N4O5P+. The van der Waals surface area contributed by atoms with Crippen LogP contribution in [0.5, 0.6) is 0 Å². The van der Waals surface area contributed by atoms with Crippen molar-refractivity contribution in [2.75, 3.05) is 6.54 Å². The maximum Gasteiger partial charge on any atom is 0.452 e. The van der Waals surface area contributed by atoms with Gasteiger partial charge in [0.2, 0.25) is 17.6 Å². The van der Waals surface area contributed by atoms with Gasteiger partial charge in [0.05, 0.1) is 12.0 Å². The van der Waals surface area contributed by atoms with Crippen molar-refractivity contribution in [1.82, 2.24) is 21.0 Å². The van der Waals surface area contributed by atoms with E-state index in [1.165, 1.54) is 0 Å². The van der Waals surface area contributed by atoms with Crippen molar-refractivity contribution in [1.29, 1.82) is 0 Å². The van der Waals surface area contributed by atoms with Gasteiger partial charge in [-0.25, -0.2) is 0 Å². The molecule has 1 aliphatic rings. The lowest BCUT2D eigenvalue weighted by atomic mass is 9.98. The Morgan fingerprint density at radius 2 is 1.43 bits per heavy atom. The van der Waals surface area contributed by atoms with E-state index in [0.29, 0.717) is 6.42 Å². The molecule has 2 amide bonds. The molecule has 212 valence electrons. The molecule has 0 saturated heterocycles. The number of nitrogens with one attached hydrogen (secondary N) is 4. The Morgan fingerprint density at radius 1 is 0.875 bits per heavy atom. The van der Waals surface area contributed by atoms with Gasteiger partial charge in [0.1, 0.15) is 18.6 Å². The van der Waals surface area contributed by atoms with Crippen LogP contribution in [0.1, 0.15) is 44.4 Å². The molecule has 2 aromatic carbocycles. The van der Waals surface area contributed by atoms with Gasteiger partial charge in [-0.05, 0) is 35.0 Å². The van der Waals surface area contributed by atoms with Crippen LogP contribution in [-0.2, 0) is 18.9 Å². The number of hydrogen-bond donors (Lipinski definition) is 5. The Labute approximate surface area is 236 Å². The zero-order valence-corrected chi connectivity index (χ0v) is 23.9. The first-order chi connectivity index (χ1) is 19.2. The van der Waals surface area contributed by atoms with Gasteiger partial charge in [-0.1, -0.05) is 104 Å². The lowest BCUT2D eigenvalue weighted by Gasteiger charge is -2.24. The third-order valence-corrected chi connectivity index (χ3v) is 8.11. The number of benzene rings is 2. The Bertz CT molecular complexity index is 1170. The summed E-state index contributed by atoms with van der Waals surface area (Å²) >= 11 is 0. The van der Waals surface area contributed by atoms with Crippen molar-refractivity contribution in [3.05, 3.63) is 96.1 Å². The first-order valence-corrected chi connectivity index (χ1v) is 14.7. The quantitative estimate of drug-likeness (QED) is 0.207. The van der Waals surface area contributed by atoms with Gasteiger partial charge < -0.3 is 15.7 Å². The average molecular weight is 566 g/mol. The highest BCUT2D eigenvalue weighted by atomic mass is 31.1. The lowest BCUT2D eigenvalue weighted by Crippen LogP contribution is -2.52. The Morgan fingerprint density at radius 3 is 1.93 bits per heavy atom. The second-order valence-electron chi connectivity index (χ2n) is 10.2. The molecule has 3 rings (SSSR count).